The standard InChI is InChI=1S/C19H31N3O2/c1-4-24-16-11-19(23,18(16,2)3)14-20-12-15-7-8-17(21-13-15)22-9-5-6-10-22/h7-8,13,16,20,23H,4-6,9-12,14H2,1-3H3/t16-,19+/m0/s1. The van der Waals surface area contributed by atoms with Gasteiger partial charge in [-0.15, -0.1) is 0 Å². The SMILES string of the molecule is CCO[C@H]1C[C@@](O)(CNCc2ccc(N3CCCC3)nc2)C1(C)C. The van der Waals surface area contributed by atoms with Crippen LogP contribution in [0.5, 0.6) is 0 Å². The third kappa shape index (κ3) is 3.30. The lowest BCUT2D eigenvalue weighted by Crippen LogP contribution is -2.68. The fourth-order valence-electron chi connectivity index (χ4n) is 3.83. The second-order valence-corrected chi connectivity index (χ2v) is 7.72. The summed E-state index contributed by atoms with van der Waals surface area (Å²) in [6.07, 6.45) is 5.33. The van der Waals surface area contributed by atoms with Crippen molar-refractivity contribution in [2.24, 2.45) is 5.41 Å². The van der Waals surface area contributed by atoms with Crippen LogP contribution in [0.4, 0.5) is 5.82 Å². The van der Waals surface area contributed by atoms with Gasteiger partial charge in [0.05, 0.1) is 11.7 Å². The molecule has 1 aliphatic heterocycles. The Morgan fingerprint density at radius 3 is 2.67 bits per heavy atom. The zero-order valence-electron chi connectivity index (χ0n) is 15.2. The fourth-order valence-corrected chi connectivity index (χ4v) is 3.83. The predicted molar refractivity (Wildman–Crippen MR) is 96.2 cm³/mol. The molecule has 0 amide bonds. The van der Waals surface area contributed by atoms with Crippen molar-refractivity contribution in [3.8, 4) is 0 Å². The summed E-state index contributed by atoms with van der Waals surface area (Å²) in [7, 11) is 0. The molecule has 0 aromatic carbocycles. The largest absolute Gasteiger partial charge is 0.388 e. The van der Waals surface area contributed by atoms with Crippen LogP contribution in [-0.2, 0) is 11.3 Å². The molecular weight excluding hydrogens is 302 g/mol. The summed E-state index contributed by atoms with van der Waals surface area (Å²) in [5, 5.41) is 14.2. The Labute approximate surface area is 145 Å². The van der Waals surface area contributed by atoms with Crippen LogP contribution in [0.15, 0.2) is 18.3 Å². The van der Waals surface area contributed by atoms with Gasteiger partial charge in [0.25, 0.3) is 0 Å². The Balaban J connectivity index is 1.48. The van der Waals surface area contributed by atoms with E-state index in [0.717, 1.165) is 31.0 Å². The topological polar surface area (TPSA) is 57.6 Å². The van der Waals surface area contributed by atoms with E-state index in [0.29, 0.717) is 19.6 Å². The summed E-state index contributed by atoms with van der Waals surface area (Å²) in [5.41, 5.74) is 0.240. The van der Waals surface area contributed by atoms with E-state index in [1.54, 1.807) is 0 Å². The van der Waals surface area contributed by atoms with Gasteiger partial charge in [-0.1, -0.05) is 19.9 Å². The van der Waals surface area contributed by atoms with Crippen molar-refractivity contribution in [3.05, 3.63) is 23.9 Å². The molecule has 3 rings (SSSR count). The smallest absolute Gasteiger partial charge is 0.128 e. The van der Waals surface area contributed by atoms with Crippen molar-refractivity contribution in [2.45, 2.75) is 58.3 Å². The molecule has 5 heteroatoms. The number of anilines is 1. The molecule has 1 aromatic heterocycles. The first-order valence-corrected chi connectivity index (χ1v) is 9.21. The maximum Gasteiger partial charge on any atom is 0.128 e. The molecule has 24 heavy (non-hydrogen) atoms. The van der Waals surface area contributed by atoms with E-state index >= 15 is 0 Å². The molecule has 2 aliphatic rings. The van der Waals surface area contributed by atoms with Gasteiger partial charge >= 0.3 is 0 Å². The zero-order chi connectivity index (χ0) is 17.2. The second-order valence-electron chi connectivity index (χ2n) is 7.72. The minimum absolute atomic E-state index is 0.149. The van der Waals surface area contributed by atoms with E-state index < -0.39 is 5.60 Å². The normalized spacial score (nSPS) is 28.8. The molecule has 2 heterocycles. The van der Waals surface area contributed by atoms with Crippen molar-refractivity contribution in [1.29, 1.82) is 0 Å². The number of ether oxygens (including phenoxy) is 1. The van der Waals surface area contributed by atoms with Crippen LogP contribution in [0.1, 0.15) is 45.6 Å². The number of nitrogens with zero attached hydrogens (tertiary/aromatic N) is 2. The molecule has 1 saturated heterocycles. The highest BCUT2D eigenvalue weighted by atomic mass is 16.5. The first-order valence-electron chi connectivity index (χ1n) is 9.21. The summed E-state index contributed by atoms with van der Waals surface area (Å²) >= 11 is 0. The molecule has 1 aromatic rings. The first-order chi connectivity index (χ1) is 11.5. The number of rotatable bonds is 7. The summed E-state index contributed by atoms with van der Waals surface area (Å²) < 4.78 is 5.71. The lowest BCUT2D eigenvalue weighted by Gasteiger charge is -2.58. The van der Waals surface area contributed by atoms with Crippen LogP contribution >= 0.6 is 0 Å². The van der Waals surface area contributed by atoms with Gasteiger partial charge < -0.3 is 20.1 Å². The molecule has 2 atom stereocenters. The molecule has 1 aliphatic carbocycles. The number of aliphatic hydroxyl groups is 1. The monoisotopic (exact) mass is 333 g/mol. The highest BCUT2D eigenvalue weighted by molar-refractivity contribution is 5.40. The third-order valence-corrected chi connectivity index (χ3v) is 5.88. The Morgan fingerprint density at radius 1 is 1.33 bits per heavy atom. The third-order valence-electron chi connectivity index (χ3n) is 5.88. The van der Waals surface area contributed by atoms with Crippen LogP contribution < -0.4 is 10.2 Å². The zero-order valence-corrected chi connectivity index (χ0v) is 15.2. The quantitative estimate of drug-likeness (QED) is 0.802. The van der Waals surface area contributed by atoms with Crippen LogP contribution in [0.3, 0.4) is 0 Å². The molecule has 0 unspecified atom stereocenters. The van der Waals surface area contributed by atoms with Gasteiger partial charge in [-0.2, -0.15) is 0 Å². The number of hydrogen-bond donors (Lipinski definition) is 2. The fraction of sp³-hybridized carbons (Fsp3) is 0.737. The van der Waals surface area contributed by atoms with Crippen molar-refractivity contribution < 1.29 is 9.84 Å². The average Bonchev–Trinajstić information content (AvgIpc) is 3.10. The Kier molecular flexibility index (Phi) is 5.13. The van der Waals surface area contributed by atoms with Crippen molar-refractivity contribution in [1.82, 2.24) is 10.3 Å². The number of aromatic nitrogens is 1. The van der Waals surface area contributed by atoms with Crippen molar-refractivity contribution in [2.75, 3.05) is 31.1 Å². The van der Waals surface area contributed by atoms with Gasteiger partial charge in [-0.25, -0.2) is 4.98 Å². The van der Waals surface area contributed by atoms with E-state index in [9.17, 15) is 5.11 Å². The molecule has 1 saturated carbocycles. The summed E-state index contributed by atoms with van der Waals surface area (Å²) in [6, 6.07) is 4.24. The highest BCUT2D eigenvalue weighted by Gasteiger charge is 2.59. The van der Waals surface area contributed by atoms with Crippen molar-refractivity contribution in [3.63, 3.8) is 0 Å². The summed E-state index contributed by atoms with van der Waals surface area (Å²) in [5.74, 6) is 1.08. The van der Waals surface area contributed by atoms with E-state index in [4.69, 9.17) is 4.74 Å². The minimum atomic E-state index is -0.699. The Morgan fingerprint density at radius 2 is 2.08 bits per heavy atom. The van der Waals surface area contributed by atoms with Gasteiger partial charge in [0, 0.05) is 50.8 Å². The van der Waals surface area contributed by atoms with Gasteiger partial charge in [0.2, 0.25) is 0 Å². The molecule has 5 nitrogen and oxygen atoms in total. The lowest BCUT2D eigenvalue weighted by atomic mass is 9.56. The van der Waals surface area contributed by atoms with E-state index in [2.05, 4.69) is 41.2 Å². The Hall–Kier alpha value is -1.17. The van der Waals surface area contributed by atoms with Crippen LogP contribution in [0, 0.1) is 5.41 Å². The van der Waals surface area contributed by atoms with Gasteiger partial charge in [0.15, 0.2) is 0 Å². The van der Waals surface area contributed by atoms with Gasteiger partial charge in [-0.05, 0) is 31.4 Å². The average molecular weight is 333 g/mol. The molecule has 2 N–H and O–H groups in total. The van der Waals surface area contributed by atoms with E-state index in [-0.39, 0.29) is 11.5 Å². The molecule has 0 radical (unpaired) electrons. The maximum atomic E-state index is 10.8. The molecule has 2 fully saturated rings. The molecular formula is C19H31N3O2. The van der Waals surface area contributed by atoms with E-state index in [1.807, 2.05) is 13.1 Å². The lowest BCUT2D eigenvalue weighted by molar-refractivity contribution is -0.238. The summed E-state index contributed by atoms with van der Waals surface area (Å²) in [6.45, 7) is 10.4. The molecule has 0 bridgehead atoms. The summed E-state index contributed by atoms with van der Waals surface area (Å²) in [4.78, 5) is 6.92. The number of nitrogens with one attached hydrogen (secondary N) is 1. The van der Waals surface area contributed by atoms with Crippen LogP contribution in [-0.4, -0.2) is 48.0 Å². The number of hydrogen-bond acceptors (Lipinski definition) is 5. The number of pyridine rings is 1. The second kappa shape index (κ2) is 6.98. The predicted octanol–water partition coefficient (Wildman–Crippen LogP) is 2.34. The van der Waals surface area contributed by atoms with Crippen LogP contribution in [0.2, 0.25) is 0 Å². The molecule has 0 spiro atoms. The minimum Gasteiger partial charge on any atom is -0.388 e. The Bertz CT molecular complexity index is 540. The molecule has 134 valence electrons. The van der Waals surface area contributed by atoms with Crippen molar-refractivity contribution >= 4 is 5.82 Å². The highest BCUT2D eigenvalue weighted by Crippen LogP contribution is 2.50. The van der Waals surface area contributed by atoms with Gasteiger partial charge in [0.1, 0.15) is 5.82 Å². The maximum absolute atomic E-state index is 10.8. The van der Waals surface area contributed by atoms with Crippen LogP contribution in [0.25, 0.3) is 0 Å². The first kappa shape index (κ1) is 17.6. The van der Waals surface area contributed by atoms with E-state index in [1.165, 1.54) is 12.8 Å². The van der Waals surface area contributed by atoms with Gasteiger partial charge in [-0.3, -0.25) is 0 Å².